The van der Waals surface area contributed by atoms with Crippen LogP contribution in [0.4, 0.5) is 4.79 Å². The predicted molar refractivity (Wildman–Crippen MR) is 57.7 cm³/mol. The number of amides is 1. The van der Waals surface area contributed by atoms with Crippen molar-refractivity contribution in [2.75, 3.05) is 13.7 Å². The fraction of sp³-hybridized carbons (Fsp3) is 0.417. The first-order valence-corrected chi connectivity index (χ1v) is 5.20. The van der Waals surface area contributed by atoms with Crippen LogP contribution in [0.2, 0.25) is 0 Å². The van der Waals surface area contributed by atoms with Crippen molar-refractivity contribution in [3.8, 4) is 0 Å². The fourth-order valence-corrected chi connectivity index (χ4v) is 1.90. The molecule has 3 heteroatoms. The van der Waals surface area contributed by atoms with E-state index in [-0.39, 0.29) is 6.09 Å². The number of carbonyl (C=O) groups is 1. The van der Waals surface area contributed by atoms with Crippen molar-refractivity contribution in [3.63, 3.8) is 0 Å². The summed E-state index contributed by atoms with van der Waals surface area (Å²) in [6.45, 7) is 0.824. The number of carbonyl (C=O) groups excluding carboxylic acids is 1. The number of methoxy groups -OCH3 is 1. The largest absolute Gasteiger partial charge is 0.453 e. The van der Waals surface area contributed by atoms with Crippen LogP contribution in [-0.2, 0) is 11.2 Å². The van der Waals surface area contributed by atoms with Gasteiger partial charge in [-0.1, -0.05) is 30.3 Å². The van der Waals surface area contributed by atoms with E-state index in [1.807, 2.05) is 18.2 Å². The molecule has 1 heterocycles. The highest BCUT2D eigenvalue weighted by Crippen LogP contribution is 2.22. The topological polar surface area (TPSA) is 29.5 Å². The summed E-state index contributed by atoms with van der Waals surface area (Å²) >= 11 is 0. The standard InChI is InChI=1S/C12H15NO2/c1-15-12(14)13-8-7-11(13)9-10-5-3-2-4-6-10/h2-6,11H,7-9H2,1H3. The number of nitrogens with zero attached hydrogens (tertiary/aromatic N) is 1. The SMILES string of the molecule is COC(=O)N1CCC1Cc1ccccc1. The summed E-state index contributed by atoms with van der Waals surface area (Å²) in [5, 5.41) is 0. The zero-order valence-electron chi connectivity index (χ0n) is 8.85. The lowest BCUT2D eigenvalue weighted by Gasteiger charge is -2.39. The Balaban J connectivity index is 1.94. The number of rotatable bonds is 2. The zero-order valence-corrected chi connectivity index (χ0v) is 8.85. The quantitative estimate of drug-likeness (QED) is 0.739. The lowest BCUT2D eigenvalue weighted by atomic mass is 9.96. The smallest absolute Gasteiger partial charge is 0.409 e. The van der Waals surface area contributed by atoms with E-state index in [0.29, 0.717) is 6.04 Å². The summed E-state index contributed by atoms with van der Waals surface area (Å²) in [5.74, 6) is 0. The summed E-state index contributed by atoms with van der Waals surface area (Å²) in [7, 11) is 1.43. The molecule has 1 saturated heterocycles. The van der Waals surface area contributed by atoms with Gasteiger partial charge in [0.15, 0.2) is 0 Å². The molecule has 0 N–H and O–H groups in total. The van der Waals surface area contributed by atoms with Crippen LogP contribution < -0.4 is 0 Å². The average molecular weight is 205 g/mol. The van der Waals surface area contributed by atoms with E-state index >= 15 is 0 Å². The molecule has 15 heavy (non-hydrogen) atoms. The molecule has 2 rings (SSSR count). The average Bonchev–Trinajstić information content (AvgIpc) is 2.25. The van der Waals surface area contributed by atoms with Crippen LogP contribution in [0.25, 0.3) is 0 Å². The van der Waals surface area contributed by atoms with Gasteiger partial charge in [-0.15, -0.1) is 0 Å². The molecule has 0 saturated carbocycles. The van der Waals surface area contributed by atoms with Crippen LogP contribution in [0.1, 0.15) is 12.0 Å². The van der Waals surface area contributed by atoms with Crippen molar-refractivity contribution in [3.05, 3.63) is 35.9 Å². The molecular weight excluding hydrogens is 190 g/mol. The van der Waals surface area contributed by atoms with Gasteiger partial charge >= 0.3 is 6.09 Å². The van der Waals surface area contributed by atoms with E-state index in [1.54, 1.807) is 4.90 Å². The van der Waals surface area contributed by atoms with Gasteiger partial charge in [0.1, 0.15) is 0 Å². The Hall–Kier alpha value is -1.51. The van der Waals surface area contributed by atoms with Gasteiger partial charge in [-0.2, -0.15) is 0 Å². The molecule has 0 radical (unpaired) electrons. The number of ether oxygens (including phenoxy) is 1. The Morgan fingerprint density at radius 3 is 2.73 bits per heavy atom. The van der Waals surface area contributed by atoms with Gasteiger partial charge in [0, 0.05) is 12.6 Å². The highest BCUT2D eigenvalue weighted by Gasteiger charge is 2.32. The molecule has 0 aromatic heterocycles. The minimum Gasteiger partial charge on any atom is -0.453 e. The van der Waals surface area contributed by atoms with Crippen molar-refractivity contribution in [2.45, 2.75) is 18.9 Å². The Bertz CT molecular complexity index is 337. The van der Waals surface area contributed by atoms with Crippen LogP contribution in [0.15, 0.2) is 30.3 Å². The van der Waals surface area contributed by atoms with Crippen LogP contribution in [0, 0.1) is 0 Å². The minimum absolute atomic E-state index is 0.206. The molecule has 3 nitrogen and oxygen atoms in total. The Kier molecular flexibility index (Phi) is 2.90. The maximum absolute atomic E-state index is 11.3. The molecule has 1 aromatic carbocycles. The highest BCUT2D eigenvalue weighted by atomic mass is 16.5. The normalized spacial score (nSPS) is 19.5. The molecule has 1 atom stereocenters. The predicted octanol–water partition coefficient (Wildman–Crippen LogP) is 2.07. The number of hydrogen-bond acceptors (Lipinski definition) is 2. The van der Waals surface area contributed by atoms with Gasteiger partial charge in [0.05, 0.1) is 7.11 Å². The Morgan fingerprint density at radius 1 is 1.47 bits per heavy atom. The lowest BCUT2D eigenvalue weighted by Crippen LogP contribution is -2.52. The molecule has 1 fully saturated rings. The number of likely N-dealkylation sites (tertiary alicyclic amines) is 1. The third-order valence-electron chi connectivity index (χ3n) is 2.87. The highest BCUT2D eigenvalue weighted by molar-refractivity contribution is 5.68. The minimum atomic E-state index is -0.206. The molecule has 80 valence electrons. The number of benzene rings is 1. The summed E-state index contributed by atoms with van der Waals surface area (Å²) in [4.78, 5) is 13.1. The molecule has 1 amide bonds. The van der Waals surface area contributed by atoms with Gasteiger partial charge < -0.3 is 9.64 Å². The first-order chi connectivity index (χ1) is 7.31. The van der Waals surface area contributed by atoms with Gasteiger partial charge in [0.2, 0.25) is 0 Å². The second-order valence-corrected chi connectivity index (χ2v) is 3.80. The van der Waals surface area contributed by atoms with Crippen LogP contribution in [-0.4, -0.2) is 30.7 Å². The first-order valence-electron chi connectivity index (χ1n) is 5.20. The van der Waals surface area contributed by atoms with Gasteiger partial charge in [-0.05, 0) is 18.4 Å². The molecule has 0 spiro atoms. The summed E-state index contributed by atoms with van der Waals surface area (Å²) < 4.78 is 4.71. The van der Waals surface area contributed by atoms with E-state index in [1.165, 1.54) is 12.7 Å². The second kappa shape index (κ2) is 4.34. The first kappa shape index (κ1) is 10.0. The van der Waals surface area contributed by atoms with Crippen molar-refractivity contribution >= 4 is 6.09 Å². The van der Waals surface area contributed by atoms with E-state index in [9.17, 15) is 4.79 Å². The second-order valence-electron chi connectivity index (χ2n) is 3.80. The van der Waals surface area contributed by atoms with Gasteiger partial charge in [-0.25, -0.2) is 4.79 Å². The van der Waals surface area contributed by atoms with Crippen molar-refractivity contribution in [1.29, 1.82) is 0 Å². The van der Waals surface area contributed by atoms with E-state index in [0.717, 1.165) is 19.4 Å². The summed E-state index contributed by atoms with van der Waals surface area (Å²) in [6.07, 6.45) is 1.79. The third kappa shape index (κ3) is 2.12. The van der Waals surface area contributed by atoms with Crippen molar-refractivity contribution < 1.29 is 9.53 Å². The van der Waals surface area contributed by atoms with Crippen LogP contribution in [0.5, 0.6) is 0 Å². The Morgan fingerprint density at radius 2 is 2.20 bits per heavy atom. The van der Waals surface area contributed by atoms with Crippen LogP contribution >= 0.6 is 0 Å². The molecule has 0 aliphatic carbocycles. The number of hydrogen-bond donors (Lipinski definition) is 0. The van der Waals surface area contributed by atoms with E-state index in [2.05, 4.69) is 12.1 Å². The molecule has 1 unspecified atom stereocenters. The van der Waals surface area contributed by atoms with E-state index < -0.39 is 0 Å². The third-order valence-corrected chi connectivity index (χ3v) is 2.87. The molecule has 1 aromatic rings. The molecule has 0 bridgehead atoms. The van der Waals surface area contributed by atoms with Gasteiger partial charge in [-0.3, -0.25) is 0 Å². The maximum Gasteiger partial charge on any atom is 0.409 e. The summed E-state index contributed by atoms with van der Waals surface area (Å²) in [5.41, 5.74) is 1.27. The molecule has 1 aliphatic heterocycles. The van der Waals surface area contributed by atoms with Gasteiger partial charge in [0.25, 0.3) is 0 Å². The molecular formula is C12H15NO2. The Labute approximate surface area is 89.7 Å². The zero-order chi connectivity index (χ0) is 10.7. The fourth-order valence-electron chi connectivity index (χ4n) is 1.90. The summed E-state index contributed by atoms with van der Waals surface area (Å²) in [6, 6.07) is 10.6. The van der Waals surface area contributed by atoms with Crippen molar-refractivity contribution in [1.82, 2.24) is 4.90 Å². The lowest BCUT2D eigenvalue weighted by molar-refractivity contribution is 0.0617. The van der Waals surface area contributed by atoms with Crippen molar-refractivity contribution in [2.24, 2.45) is 0 Å². The maximum atomic E-state index is 11.3. The van der Waals surface area contributed by atoms with E-state index in [4.69, 9.17) is 4.74 Å². The monoisotopic (exact) mass is 205 g/mol. The van der Waals surface area contributed by atoms with Crippen LogP contribution in [0.3, 0.4) is 0 Å². The molecule has 1 aliphatic rings.